The lowest BCUT2D eigenvalue weighted by Crippen LogP contribution is -2.64. The summed E-state index contributed by atoms with van der Waals surface area (Å²) in [6.45, 7) is 6.56. The van der Waals surface area contributed by atoms with Crippen LogP contribution in [-0.2, 0) is 9.59 Å². The molecule has 1 aliphatic heterocycles. The number of hydrogen-bond acceptors (Lipinski definition) is 10. The summed E-state index contributed by atoms with van der Waals surface area (Å²) in [5.74, 6) is -2.96. The van der Waals surface area contributed by atoms with E-state index in [1.54, 1.807) is 0 Å². The highest BCUT2D eigenvalue weighted by molar-refractivity contribution is 6.66. The topological polar surface area (TPSA) is 201 Å². The van der Waals surface area contributed by atoms with Gasteiger partial charge < -0.3 is 15.7 Å². The van der Waals surface area contributed by atoms with Crippen molar-refractivity contribution in [2.24, 2.45) is 5.10 Å². The fraction of sp³-hybridized carbons (Fsp3) is 0.100. The molecule has 0 saturated carbocycles. The lowest BCUT2D eigenvalue weighted by Gasteiger charge is -2.23. The number of carbonyl (C=O) groups excluding carboxylic acids is 2. The van der Waals surface area contributed by atoms with E-state index in [1.165, 1.54) is 6.19 Å². The zero-order valence-electron chi connectivity index (χ0n) is 11.5. The van der Waals surface area contributed by atoms with Crippen LogP contribution in [0.5, 0.6) is 5.88 Å². The van der Waals surface area contributed by atoms with Crippen LogP contribution in [0.1, 0.15) is 0 Å². The fourth-order valence-electron chi connectivity index (χ4n) is 1.56. The number of carbonyl (C=O) groups is 2. The van der Waals surface area contributed by atoms with E-state index in [0.717, 1.165) is 0 Å². The van der Waals surface area contributed by atoms with E-state index >= 15 is 0 Å². The third-order valence-electron chi connectivity index (χ3n) is 2.53. The molecule has 1 aromatic heterocycles. The molecule has 1 saturated heterocycles. The van der Waals surface area contributed by atoms with Gasteiger partial charge in [0.1, 0.15) is 0 Å². The first-order chi connectivity index (χ1) is 11.5. The normalized spacial score (nSPS) is 16.1. The summed E-state index contributed by atoms with van der Waals surface area (Å²) in [6.07, 6.45) is 0.442. The zero-order valence-corrected chi connectivity index (χ0v) is 11.5. The average molecular weight is 332 g/mol. The summed E-state index contributed by atoms with van der Waals surface area (Å²) in [7, 11) is 0. The SMILES string of the molecule is [C-]#[N+]Nc1nc(O)c(NN=C2C(=O)NC(NC#N)NC2=O)c(=O)[nH]1. The average Bonchev–Trinajstić information content (AvgIpc) is 2.49. The minimum atomic E-state index is -1.09. The van der Waals surface area contributed by atoms with Crippen LogP contribution in [-0.4, -0.2) is 38.9 Å². The van der Waals surface area contributed by atoms with Crippen molar-refractivity contribution < 1.29 is 14.7 Å². The van der Waals surface area contributed by atoms with Gasteiger partial charge in [-0.15, -0.1) is 0 Å². The zero-order chi connectivity index (χ0) is 17.7. The molecule has 24 heavy (non-hydrogen) atoms. The van der Waals surface area contributed by atoms with Gasteiger partial charge in [-0.1, -0.05) is 5.43 Å². The molecule has 0 spiro atoms. The Bertz CT molecular complexity index is 840. The van der Waals surface area contributed by atoms with Gasteiger partial charge in [0.2, 0.25) is 11.6 Å². The van der Waals surface area contributed by atoms with Gasteiger partial charge in [-0.2, -0.15) is 26.9 Å². The number of hydrazone groups is 1. The molecule has 0 aromatic carbocycles. The van der Waals surface area contributed by atoms with Crippen LogP contribution < -0.4 is 32.4 Å². The summed E-state index contributed by atoms with van der Waals surface area (Å²) in [5.41, 5.74) is 1.95. The molecule has 7 N–H and O–H groups in total. The summed E-state index contributed by atoms with van der Waals surface area (Å²) in [6, 6.07) is 0. The van der Waals surface area contributed by atoms with Gasteiger partial charge >= 0.3 is 0 Å². The minimum absolute atomic E-state index is 0.302. The lowest BCUT2D eigenvalue weighted by atomic mass is 10.3. The molecule has 14 heteroatoms. The first kappa shape index (κ1) is 16.0. The maximum atomic E-state index is 11.7. The molecular weight excluding hydrogens is 324 g/mol. The molecule has 1 aliphatic rings. The second kappa shape index (κ2) is 6.62. The van der Waals surface area contributed by atoms with Crippen LogP contribution >= 0.6 is 0 Å². The van der Waals surface area contributed by atoms with Crippen molar-refractivity contribution in [3.8, 4) is 12.1 Å². The Kier molecular flexibility index (Phi) is 4.43. The Morgan fingerprint density at radius 3 is 2.54 bits per heavy atom. The molecule has 0 atom stereocenters. The van der Waals surface area contributed by atoms with Gasteiger partial charge in [-0.05, 0) is 0 Å². The Hall–Kier alpha value is -4.33. The summed E-state index contributed by atoms with van der Waals surface area (Å²) in [4.78, 5) is 43.5. The smallest absolute Gasteiger partial charge is 0.281 e. The van der Waals surface area contributed by atoms with Crippen LogP contribution in [0.3, 0.4) is 0 Å². The van der Waals surface area contributed by atoms with E-state index in [0.29, 0.717) is 0 Å². The van der Waals surface area contributed by atoms with E-state index in [1.807, 2.05) is 10.9 Å². The molecule has 0 radical (unpaired) electrons. The molecule has 0 bridgehead atoms. The van der Waals surface area contributed by atoms with Crippen molar-refractivity contribution in [3.05, 3.63) is 21.9 Å². The van der Waals surface area contributed by atoms with E-state index in [-0.39, 0.29) is 5.95 Å². The van der Waals surface area contributed by atoms with E-state index in [9.17, 15) is 19.5 Å². The highest BCUT2D eigenvalue weighted by Gasteiger charge is 2.31. The highest BCUT2D eigenvalue weighted by Crippen LogP contribution is 2.16. The van der Waals surface area contributed by atoms with Crippen molar-refractivity contribution in [1.29, 1.82) is 5.26 Å². The monoisotopic (exact) mass is 332 g/mol. The van der Waals surface area contributed by atoms with Gasteiger partial charge in [0.15, 0.2) is 18.2 Å². The second-order valence-corrected chi connectivity index (χ2v) is 4.05. The Balaban J connectivity index is 2.21. The number of aromatic hydroxyl groups is 1. The molecule has 1 aromatic rings. The van der Waals surface area contributed by atoms with Gasteiger partial charge in [0.05, 0.1) is 0 Å². The Morgan fingerprint density at radius 2 is 2.00 bits per heavy atom. The quantitative estimate of drug-likeness (QED) is 0.130. The molecule has 0 unspecified atom stereocenters. The van der Waals surface area contributed by atoms with Crippen molar-refractivity contribution in [2.75, 3.05) is 10.9 Å². The Morgan fingerprint density at radius 1 is 1.33 bits per heavy atom. The number of aromatic amines is 1. The number of nitrogens with one attached hydrogen (secondary N) is 6. The molecule has 14 nitrogen and oxygen atoms in total. The summed E-state index contributed by atoms with van der Waals surface area (Å²) < 4.78 is 0. The molecule has 0 aliphatic carbocycles. The number of nitrogens with zero attached hydrogens (tertiary/aromatic N) is 4. The second-order valence-electron chi connectivity index (χ2n) is 4.05. The van der Waals surface area contributed by atoms with Crippen LogP contribution in [0.25, 0.3) is 4.95 Å². The van der Waals surface area contributed by atoms with Crippen LogP contribution in [0.4, 0.5) is 11.6 Å². The van der Waals surface area contributed by atoms with Crippen LogP contribution in [0.2, 0.25) is 0 Å². The number of amides is 2. The standard InChI is InChI=1S/C10H8N10O4/c1-12-20-10-16-7(23)4(8(24)17-10)19-18-3-5(21)14-9(13-2-11)15-6(3)22/h9,13,19H,(H,14,21)(H,15,22)(H3,16,17,20,23,24). The van der Waals surface area contributed by atoms with Gasteiger partial charge in [-0.25, -0.2) is 0 Å². The predicted molar refractivity (Wildman–Crippen MR) is 76.6 cm³/mol. The molecule has 2 rings (SSSR count). The molecule has 2 amide bonds. The number of rotatable bonds is 4. The van der Waals surface area contributed by atoms with E-state index in [4.69, 9.17) is 11.8 Å². The number of hydrogen-bond donors (Lipinski definition) is 7. The van der Waals surface area contributed by atoms with E-state index < -0.39 is 40.9 Å². The fourth-order valence-corrected chi connectivity index (χ4v) is 1.56. The number of anilines is 2. The van der Waals surface area contributed by atoms with E-state index in [2.05, 4.69) is 36.0 Å². The molecular formula is C10H8N10O4. The lowest BCUT2D eigenvalue weighted by molar-refractivity contribution is -0.123. The van der Waals surface area contributed by atoms with Crippen molar-refractivity contribution in [2.45, 2.75) is 6.29 Å². The first-order valence-corrected chi connectivity index (χ1v) is 6.02. The van der Waals surface area contributed by atoms with Crippen LogP contribution in [0, 0.1) is 18.0 Å². The third kappa shape index (κ3) is 3.28. The molecule has 1 fully saturated rings. The highest BCUT2D eigenvalue weighted by atomic mass is 16.3. The van der Waals surface area contributed by atoms with Crippen molar-refractivity contribution in [3.63, 3.8) is 0 Å². The minimum Gasteiger partial charge on any atom is -0.492 e. The molecule has 122 valence electrons. The van der Waals surface area contributed by atoms with Gasteiger partial charge in [0.25, 0.3) is 23.3 Å². The summed E-state index contributed by atoms with van der Waals surface area (Å²) >= 11 is 0. The number of H-pyrrole nitrogens is 1. The van der Waals surface area contributed by atoms with Gasteiger partial charge in [-0.3, -0.25) is 30.1 Å². The van der Waals surface area contributed by atoms with Crippen LogP contribution in [0.15, 0.2) is 9.90 Å². The van der Waals surface area contributed by atoms with Crippen molar-refractivity contribution >= 4 is 29.2 Å². The maximum Gasteiger partial charge on any atom is 0.281 e. The number of aromatic nitrogens is 2. The summed E-state index contributed by atoms with van der Waals surface area (Å²) in [5, 5.41) is 28.0. The predicted octanol–water partition coefficient (Wildman–Crippen LogP) is -2.91. The maximum absolute atomic E-state index is 11.7. The Labute approximate surface area is 132 Å². The van der Waals surface area contributed by atoms with Crippen molar-refractivity contribution in [1.82, 2.24) is 25.9 Å². The third-order valence-corrected chi connectivity index (χ3v) is 2.53. The first-order valence-electron chi connectivity index (χ1n) is 6.02. The van der Waals surface area contributed by atoms with Gasteiger partial charge in [0, 0.05) is 0 Å². The molecule has 2 heterocycles. The number of nitriles is 1. The largest absolute Gasteiger partial charge is 0.492 e.